The van der Waals surface area contributed by atoms with Crippen LogP contribution in [0.1, 0.15) is 17.3 Å². The summed E-state index contributed by atoms with van der Waals surface area (Å²) >= 11 is 0. The van der Waals surface area contributed by atoms with Gasteiger partial charge in [0.15, 0.2) is 0 Å². The number of nitrogen functional groups attached to an aromatic ring is 1. The Bertz CT molecular complexity index is 677. The lowest BCUT2D eigenvalue weighted by Gasteiger charge is -2.11. The third-order valence-corrected chi connectivity index (χ3v) is 2.59. The van der Waals surface area contributed by atoms with E-state index in [1.165, 1.54) is 18.3 Å². The van der Waals surface area contributed by atoms with Crippen molar-refractivity contribution >= 4 is 23.2 Å². The van der Waals surface area contributed by atoms with Gasteiger partial charge in [0, 0.05) is 6.07 Å². The number of rotatable bonds is 4. The molecule has 0 spiro atoms. The molecule has 0 amide bonds. The number of aromatic nitrogens is 1. The maximum atomic E-state index is 13.6. The summed E-state index contributed by atoms with van der Waals surface area (Å²) < 4.78 is 31.4. The van der Waals surface area contributed by atoms with Gasteiger partial charge in [-0.05, 0) is 25.1 Å². The van der Waals surface area contributed by atoms with Crippen LogP contribution in [0.2, 0.25) is 0 Å². The molecule has 0 aliphatic heterocycles. The number of nitrogens with one attached hydrogen (secondary N) is 1. The van der Waals surface area contributed by atoms with Crippen LogP contribution in [0.5, 0.6) is 0 Å². The summed E-state index contributed by atoms with van der Waals surface area (Å²) in [4.78, 5) is 15.8. The predicted molar refractivity (Wildman–Crippen MR) is 74.2 cm³/mol. The number of anilines is 3. The molecule has 3 N–H and O–H groups in total. The molecule has 21 heavy (non-hydrogen) atoms. The number of benzene rings is 1. The third-order valence-electron chi connectivity index (χ3n) is 2.59. The number of pyridine rings is 1. The highest BCUT2D eigenvalue weighted by Gasteiger charge is 2.16. The molecule has 110 valence electrons. The fourth-order valence-electron chi connectivity index (χ4n) is 1.66. The standard InChI is InChI=1S/C14H13F2N3O2/c1-2-21-14(20)10-6-9(17)7-18-13(10)19-12-4-3-8(15)5-11(12)16/h3-7H,2,17H2,1H3,(H,18,19). The maximum Gasteiger partial charge on any atom is 0.341 e. The Labute approximate surface area is 119 Å². The van der Waals surface area contributed by atoms with Crippen LogP contribution in [0.4, 0.5) is 26.0 Å². The maximum absolute atomic E-state index is 13.6. The number of esters is 1. The molecule has 0 saturated heterocycles. The quantitative estimate of drug-likeness (QED) is 0.848. The second-order valence-electron chi connectivity index (χ2n) is 4.13. The average molecular weight is 293 g/mol. The molecule has 0 unspecified atom stereocenters. The number of hydrogen-bond donors (Lipinski definition) is 2. The predicted octanol–water partition coefficient (Wildman–Crippen LogP) is 2.86. The van der Waals surface area contributed by atoms with E-state index in [-0.39, 0.29) is 29.4 Å². The van der Waals surface area contributed by atoms with Crippen molar-refractivity contribution in [3.63, 3.8) is 0 Å². The first-order valence-corrected chi connectivity index (χ1v) is 6.16. The van der Waals surface area contributed by atoms with Crippen molar-refractivity contribution in [3.8, 4) is 0 Å². The average Bonchev–Trinajstić information content (AvgIpc) is 2.43. The van der Waals surface area contributed by atoms with Crippen molar-refractivity contribution in [1.82, 2.24) is 4.98 Å². The Morgan fingerprint density at radius 3 is 2.81 bits per heavy atom. The van der Waals surface area contributed by atoms with E-state index in [9.17, 15) is 13.6 Å². The summed E-state index contributed by atoms with van der Waals surface area (Å²) in [6.07, 6.45) is 1.31. The monoisotopic (exact) mass is 293 g/mol. The summed E-state index contributed by atoms with van der Waals surface area (Å²) in [5, 5.41) is 2.63. The molecular formula is C14H13F2N3O2. The second-order valence-corrected chi connectivity index (χ2v) is 4.13. The van der Waals surface area contributed by atoms with E-state index in [0.29, 0.717) is 0 Å². The fourth-order valence-corrected chi connectivity index (χ4v) is 1.66. The normalized spacial score (nSPS) is 10.2. The van der Waals surface area contributed by atoms with Gasteiger partial charge in [-0.15, -0.1) is 0 Å². The van der Waals surface area contributed by atoms with Crippen LogP contribution in [0.25, 0.3) is 0 Å². The Hall–Kier alpha value is -2.70. The van der Waals surface area contributed by atoms with Gasteiger partial charge in [0.2, 0.25) is 0 Å². The molecule has 0 atom stereocenters. The Morgan fingerprint density at radius 1 is 1.38 bits per heavy atom. The lowest BCUT2D eigenvalue weighted by Crippen LogP contribution is -2.10. The van der Waals surface area contributed by atoms with E-state index in [1.807, 2.05) is 0 Å². The van der Waals surface area contributed by atoms with Crippen LogP contribution in [0, 0.1) is 11.6 Å². The molecule has 0 aliphatic carbocycles. The summed E-state index contributed by atoms with van der Waals surface area (Å²) in [5.74, 6) is -2.06. The van der Waals surface area contributed by atoms with Gasteiger partial charge in [-0.3, -0.25) is 0 Å². The SMILES string of the molecule is CCOC(=O)c1cc(N)cnc1Nc1ccc(F)cc1F. The van der Waals surface area contributed by atoms with Gasteiger partial charge < -0.3 is 15.8 Å². The van der Waals surface area contributed by atoms with Crippen LogP contribution in [0.15, 0.2) is 30.5 Å². The second kappa shape index (κ2) is 6.17. The van der Waals surface area contributed by atoms with Gasteiger partial charge in [-0.25, -0.2) is 18.6 Å². The summed E-state index contributed by atoms with van der Waals surface area (Å²) in [6, 6.07) is 4.39. The highest BCUT2D eigenvalue weighted by Crippen LogP contribution is 2.23. The van der Waals surface area contributed by atoms with Crippen LogP contribution in [-0.4, -0.2) is 17.6 Å². The van der Waals surface area contributed by atoms with Gasteiger partial charge >= 0.3 is 5.97 Å². The number of halogens is 2. The van der Waals surface area contributed by atoms with Gasteiger partial charge in [-0.2, -0.15) is 0 Å². The molecule has 0 radical (unpaired) electrons. The molecule has 0 fully saturated rings. The molecule has 0 bridgehead atoms. The van der Waals surface area contributed by atoms with Crippen molar-refractivity contribution < 1.29 is 18.3 Å². The van der Waals surface area contributed by atoms with Crippen molar-refractivity contribution in [1.29, 1.82) is 0 Å². The van der Waals surface area contributed by atoms with Gasteiger partial charge in [0.05, 0.1) is 24.2 Å². The smallest absolute Gasteiger partial charge is 0.341 e. The Kier molecular flexibility index (Phi) is 4.32. The number of nitrogens with zero attached hydrogens (tertiary/aromatic N) is 1. The summed E-state index contributed by atoms with van der Waals surface area (Å²) in [5.41, 5.74) is 5.91. The molecule has 7 heteroatoms. The first kappa shape index (κ1) is 14.7. The highest BCUT2D eigenvalue weighted by molar-refractivity contribution is 5.96. The molecule has 2 aromatic rings. The first-order chi connectivity index (χ1) is 10.0. The molecule has 5 nitrogen and oxygen atoms in total. The molecule has 2 rings (SSSR count). The van der Waals surface area contributed by atoms with Crippen molar-refractivity contribution in [3.05, 3.63) is 47.7 Å². The van der Waals surface area contributed by atoms with E-state index < -0.39 is 17.6 Å². The van der Waals surface area contributed by atoms with E-state index in [1.54, 1.807) is 6.92 Å². The minimum Gasteiger partial charge on any atom is -0.462 e. The van der Waals surface area contributed by atoms with E-state index >= 15 is 0 Å². The lowest BCUT2D eigenvalue weighted by molar-refractivity contribution is 0.0527. The first-order valence-electron chi connectivity index (χ1n) is 6.16. The van der Waals surface area contributed by atoms with Crippen LogP contribution < -0.4 is 11.1 Å². The summed E-state index contributed by atoms with van der Waals surface area (Å²) in [6.45, 7) is 1.84. The Balaban J connectivity index is 2.37. The zero-order valence-electron chi connectivity index (χ0n) is 11.2. The Morgan fingerprint density at radius 2 is 2.14 bits per heavy atom. The molecule has 1 aromatic heterocycles. The van der Waals surface area contributed by atoms with Crippen LogP contribution >= 0.6 is 0 Å². The molecule has 0 aliphatic rings. The number of ether oxygens (including phenoxy) is 1. The number of carbonyl (C=O) groups excluding carboxylic acids is 1. The minimum absolute atomic E-state index is 0.0146. The van der Waals surface area contributed by atoms with Crippen molar-refractivity contribution in [2.75, 3.05) is 17.7 Å². The zero-order valence-corrected chi connectivity index (χ0v) is 11.2. The molecule has 1 aromatic carbocycles. The van der Waals surface area contributed by atoms with Gasteiger partial charge in [-0.1, -0.05) is 0 Å². The number of hydrogen-bond acceptors (Lipinski definition) is 5. The molecular weight excluding hydrogens is 280 g/mol. The zero-order chi connectivity index (χ0) is 15.4. The van der Waals surface area contributed by atoms with Crippen molar-refractivity contribution in [2.45, 2.75) is 6.92 Å². The molecule has 1 heterocycles. The molecule has 0 saturated carbocycles. The highest BCUT2D eigenvalue weighted by atomic mass is 19.1. The minimum atomic E-state index is -0.802. The van der Waals surface area contributed by atoms with Gasteiger partial charge in [0.1, 0.15) is 23.0 Å². The topological polar surface area (TPSA) is 77.2 Å². The van der Waals surface area contributed by atoms with Crippen molar-refractivity contribution in [2.24, 2.45) is 0 Å². The lowest BCUT2D eigenvalue weighted by atomic mass is 10.2. The number of nitrogens with two attached hydrogens (primary N) is 1. The largest absolute Gasteiger partial charge is 0.462 e. The number of carbonyl (C=O) groups is 1. The fraction of sp³-hybridized carbons (Fsp3) is 0.143. The van der Waals surface area contributed by atoms with E-state index in [2.05, 4.69) is 10.3 Å². The van der Waals surface area contributed by atoms with Crippen LogP contribution in [0.3, 0.4) is 0 Å². The summed E-state index contributed by atoms with van der Waals surface area (Å²) in [7, 11) is 0. The van der Waals surface area contributed by atoms with E-state index in [0.717, 1.165) is 12.1 Å². The van der Waals surface area contributed by atoms with Crippen LogP contribution in [-0.2, 0) is 4.74 Å². The third kappa shape index (κ3) is 3.44. The van der Waals surface area contributed by atoms with E-state index in [4.69, 9.17) is 10.5 Å². The van der Waals surface area contributed by atoms with Gasteiger partial charge in [0.25, 0.3) is 0 Å².